The summed E-state index contributed by atoms with van der Waals surface area (Å²) in [6.45, 7) is -0.0823. The van der Waals surface area contributed by atoms with Gasteiger partial charge in [0.25, 0.3) is 5.56 Å². The smallest absolute Gasteiger partial charge is 0.267 e. The molecule has 116 valence electrons. The SMILES string of the molecule is Cn1cc(NC(=O)Cn2nc3c(cc2=O)CCCCC3)cn1. The Morgan fingerprint density at radius 2 is 2.14 bits per heavy atom. The molecular weight excluding hydrogens is 282 g/mol. The van der Waals surface area contributed by atoms with Crippen molar-refractivity contribution in [3.8, 4) is 0 Å². The number of carbonyl (C=O) groups excluding carboxylic acids is 1. The molecule has 0 radical (unpaired) electrons. The van der Waals surface area contributed by atoms with Crippen LogP contribution in [0.3, 0.4) is 0 Å². The third-order valence-corrected chi connectivity index (χ3v) is 3.81. The number of aryl methyl sites for hydroxylation is 3. The molecule has 7 nitrogen and oxygen atoms in total. The maximum Gasteiger partial charge on any atom is 0.267 e. The van der Waals surface area contributed by atoms with Crippen LogP contribution >= 0.6 is 0 Å². The van der Waals surface area contributed by atoms with Crippen LogP contribution in [0, 0.1) is 0 Å². The van der Waals surface area contributed by atoms with Crippen molar-refractivity contribution in [3.63, 3.8) is 0 Å². The molecule has 1 aliphatic rings. The zero-order valence-corrected chi connectivity index (χ0v) is 12.6. The van der Waals surface area contributed by atoms with E-state index in [4.69, 9.17) is 0 Å². The van der Waals surface area contributed by atoms with Gasteiger partial charge >= 0.3 is 0 Å². The van der Waals surface area contributed by atoms with Crippen LogP contribution in [0.25, 0.3) is 0 Å². The van der Waals surface area contributed by atoms with Gasteiger partial charge in [-0.15, -0.1) is 0 Å². The average Bonchev–Trinajstić information content (AvgIpc) is 2.74. The fourth-order valence-corrected chi connectivity index (χ4v) is 2.71. The van der Waals surface area contributed by atoms with Crippen molar-refractivity contribution in [2.75, 3.05) is 5.32 Å². The maximum atomic E-state index is 12.1. The molecule has 1 N–H and O–H groups in total. The van der Waals surface area contributed by atoms with E-state index in [1.165, 1.54) is 4.68 Å². The minimum Gasteiger partial charge on any atom is -0.322 e. The Labute approximate surface area is 128 Å². The summed E-state index contributed by atoms with van der Waals surface area (Å²) in [6.07, 6.45) is 8.38. The van der Waals surface area contributed by atoms with E-state index in [2.05, 4.69) is 15.5 Å². The molecule has 0 bridgehead atoms. The monoisotopic (exact) mass is 301 g/mol. The van der Waals surface area contributed by atoms with E-state index < -0.39 is 0 Å². The van der Waals surface area contributed by atoms with Gasteiger partial charge in [-0.3, -0.25) is 14.3 Å². The van der Waals surface area contributed by atoms with E-state index in [0.717, 1.165) is 43.4 Å². The predicted octanol–water partition coefficient (Wildman–Crippen LogP) is 0.884. The van der Waals surface area contributed by atoms with Gasteiger partial charge < -0.3 is 5.32 Å². The standard InChI is InChI=1S/C15H19N5O2/c1-19-9-12(8-16-19)17-14(21)10-20-15(22)7-11-5-3-2-4-6-13(11)18-20/h7-9H,2-6,10H2,1H3,(H,17,21). The molecule has 0 aromatic carbocycles. The van der Waals surface area contributed by atoms with Crippen LogP contribution in [0.5, 0.6) is 0 Å². The summed E-state index contributed by atoms with van der Waals surface area (Å²) in [5.74, 6) is -0.281. The minimum absolute atomic E-state index is 0.0823. The van der Waals surface area contributed by atoms with Gasteiger partial charge in [0.1, 0.15) is 6.54 Å². The number of anilines is 1. The van der Waals surface area contributed by atoms with Gasteiger partial charge in [-0.05, 0) is 31.2 Å². The number of aromatic nitrogens is 4. The van der Waals surface area contributed by atoms with Crippen LogP contribution in [0.4, 0.5) is 5.69 Å². The number of amides is 1. The van der Waals surface area contributed by atoms with Crippen LogP contribution in [0.1, 0.15) is 30.5 Å². The number of carbonyl (C=O) groups is 1. The minimum atomic E-state index is -0.281. The second-order valence-corrected chi connectivity index (χ2v) is 5.62. The van der Waals surface area contributed by atoms with Gasteiger partial charge in [0, 0.05) is 19.3 Å². The Balaban J connectivity index is 1.75. The van der Waals surface area contributed by atoms with Crippen LogP contribution < -0.4 is 10.9 Å². The van der Waals surface area contributed by atoms with Gasteiger partial charge in [-0.2, -0.15) is 10.2 Å². The van der Waals surface area contributed by atoms with Crippen LogP contribution in [-0.2, 0) is 31.2 Å². The Morgan fingerprint density at radius 1 is 1.32 bits per heavy atom. The predicted molar refractivity (Wildman–Crippen MR) is 81.6 cm³/mol. The Hall–Kier alpha value is -2.44. The molecule has 0 spiro atoms. The van der Waals surface area contributed by atoms with Gasteiger partial charge in [0.2, 0.25) is 5.91 Å². The van der Waals surface area contributed by atoms with Crippen molar-refractivity contribution < 1.29 is 4.79 Å². The van der Waals surface area contributed by atoms with E-state index in [1.54, 1.807) is 30.2 Å². The van der Waals surface area contributed by atoms with Gasteiger partial charge in [-0.25, -0.2) is 4.68 Å². The quantitative estimate of drug-likeness (QED) is 0.853. The molecule has 0 unspecified atom stereocenters. The molecule has 0 fully saturated rings. The third-order valence-electron chi connectivity index (χ3n) is 3.81. The van der Waals surface area contributed by atoms with Crippen molar-refractivity contribution in [3.05, 3.63) is 40.1 Å². The van der Waals surface area contributed by atoms with Crippen LogP contribution in [0.2, 0.25) is 0 Å². The second kappa shape index (κ2) is 6.13. The number of rotatable bonds is 3. The fourth-order valence-electron chi connectivity index (χ4n) is 2.71. The highest BCUT2D eigenvalue weighted by Crippen LogP contribution is 2.16. The summed E-state index contributed by atoms with van der Waals surface area (Å²) < 4.78 is 2.85. The molecule has 2 heterocycles. The van der Waals surface area contributed by atoms with E-state index in [-0.39, 0.29) is 18.0 Å². The topological polar surface area (TPSA) is 81.8 Å². The van der Waals surface area contributed by atoms with Gasteiger partial charge in [-0.1, -0.05) is 6.42 Å². The molecule has 22 heavy (non-hydrogen) atoms. The highest BCUT2D eigenvalue weighted by molar-refractivity contribution is 5.90. The Morgan fingerprint density at radius 3 is 2.91 bits per heavy atom. The van der Waals surface area contributed by atoms with Gasteiger partial charge in [0.05, 0.1) is 17.6 Å². The molecule has 0 saturated carbocycles. The Kier molecular flexibility index (Phi) is 4.04. The van der Waals surface area contributed by atoms with E-state index >= 15 is 0 Å². The summed E-state index contributed by atoms with van der Waals surface area (Å²) >= 11 is 0. The van der Waals surface area contributed by atoms with E-state index in [1.807, 2.05) is 0 Å². The largest absolute Gasteiger partial charge is 0.322 e. The first-order chi connectivity index (χ1) is 10.6. The molecule has 0 aliphatic heterocycles. The number of fused-ring (bicyclic) bond motifs is 1. The number of hydrogen-bond donors (Lipinski definition) is 1. The lowest BCUT2D eigenvalue weighted by atomic mass is 10.1. The lowest BCUT2D eigenvalue weighted by Crippen LogP contribution is -2.30. The van der Waals surface area contributed by atoms with Gasteiger partial charge in [0.15, 0.2) is 0 Å². The lowest BCUT2D eigenvalue weighted by molar-refractivity contribution is -0.117. The molecule has 3 rings (SSSR count). The van der Waals surface area contributed by atoms with Crippen molar-refractivity contribution in [2.24, 2.45) is 7.05 Å². The highest BCUT2D eigenvalue weighted by atomic mass is 16.2. The van der Waals surface area contributed by atoms with Crippen LogP contribution in [0.15, 0.2) is 23.3 Å². The summed E-state index contributed by atoms with van der Waals surface area (Å²) in [5, 5.41) is 11.1. The summed E-state index contributed by atoms with van der Waals surface area (Å²) in [7, 11) is 1.77. The van der Waals surface area contributed by atoms with E-state index in [0.29, 0.717) is 5.69 Å². The first-order valence-electron chi connectivity index (χ1n) is 7.50. The zero-order chi connectivity index (χ0) is 15.5. The van der Waals surface area contributed by atoms with Crippen molar-refractivity contribution in [1.82, 2.24) is 19.6 Å². The maximum absolute atomic E-state index is 12.1. The van der Waals surface area contributed by atoms with Crippen molar-refractivity contribution >= 4 is 11.6 Å². The molecule has 2 aromatic rings. The summed E-state index contributed by atoms with van der Waals surface area (Å²) in [5.41, 5.74) is 2.37. The molecule has 0 saturated heterocycles. The zero-order valence-electron chi connectivity index (χ0n) is 12.6. The lowest BCUT2D eigenvalue weighted by Gasteiger charge is -2.09. The molecule has 1 amide bonds. The fraction of sp³-hybridized carbons (Fsp3) is 0.467. The summed E-state index contributed by atoms with van der Waals surface area (Å²) in [4.78, 5) is 24.1. The number of nitrogens with one attached hydrogen (secondary N) is 1. The van der Waals surface area contributed by atoms with Crippen LogP contribution in [-0.4, -0.2) is 25.5 Å². The molecule has 7 heteroatoms. The molecule has 1 aliphatic carbocycles. The second-order valence-electron chi connectivity index (χ2n) is 5.62. The number of hydrogen-bond acceptors (Lipinski definition) is 4. The third kappa shape index (κ3) is 3.24. The molecular formula is C15H19N5O2. The molecule has 2 aromatic heterocycles. The summed E-state index contributed by atoms with van der Waals surface area (Å²) in [6, 6.07) is 1.63. The molecule has 0 atom stereocenters. The Bertz CT molecular complexity index is 747. The van der Waals surface area contributed by atoms with E-state index in [9.17, 15) is 9.59 Å². The first kappa shape index (κ1) is 14.5. The first-order valence-corrected chi connectivity index (χ1v) is 7.50. The average molecular weight is 301 g/mol. The van der Waals surface area contributed by atoms with Crippen molar-refractivity contribution in [1.29, 1.82) is 0 Å². The number of nitrogens with zero attached hydrogens (tertiary/aromatic N) is 4. The normalized spacial score (nSPS) is 14.2. The van der Waals surface area contributed by atoms with Crippen molar-refractivity contribution in [2.45, 2.75) is 38.6 Å². The highest BCUT2D eigenvalue weighted by Gasteiger charge is 2.14.